The topological polar surface area (TPSA) is 3.24 Å². The summed E-state index contributed by atoms with van der Waals surface area (Å²) in [6.45, 7) is 9.16. The fourth-order valence-electron chi connectivity index (χ4n) is 9.79. The van der Waals surface area contributed by atoms with E-state index in [1.54, 1.807) is 0 Å². The number of anilines is 3. The fraction of sp³-hybridized carbons (Fsp3) is 0.111. The first kappa shape index (κ1) is 33.2. The maximum Gasteiger partial charge on any atom is 0.0713 e. The predicted molar refractivity (Wildman–Crippen MR) is 231 cm³/mol. The Bertz CT molecular complexity index is 2670. The second-order valence-corrected chi connectivity index (χ2v) is 15.9. The largest absolute Gasteiger partial charge is 0.310 e. The van der Waals surface area contributed by atoms with Crippen LogP contribution in [0.2, 0.25) is 0 Å². The lowest BCUT2D eigenvalue weighted by molar-refractivity contribution is 0.660. The second kappa shape index (κ2) is 12.6. The van der Waals surface area contributed by atoms with Crippen molar-refractivity contribution in [3.8, 4) is 33.4 Å². The quantitative estimate of drug-likeness (QED) is 0.166. The third kappa shape index (κ3) is 5.07. The molecule has 1 heteroatoms. The predicted octanol–water partition coefficient (Wildman–Crippen LogP) is 14.1. The molecule has 0 amide bonds. The Morgan fingerprint density at radius 1 is 0.345 bits per heavy atom. The van der Waals surface area contributed by atoms with Gasteiger partial charge in [0.15, 0.2) is 0 Å². The van der Waals surface area contributed by atoms with Crippen LogP contribution in [0.3, 0.4) is 0 Å². The van der Waals surface area contributed by atoms with Crippen LogP contribution in [0.4, 0.5) is 17.1 Å². The summed E-state index contributed by atoms with van der Waals surface area (Å²) in [6, 6.07) is 70.1. The standard InChI is InChI=1S/C54H43N/c1-36-32-37(2)34-41(33-36)54(50-20-12-9-17-46(50)47-18-10-13-21-51(47)54)40-24-28-43(29-25-40)55(42-26-22-39(23-27-42)38-14-6-5-7-15-38)44-30-31-48-45-16-8-11-19-49(45)53(3,4)52(48)35-44/h5-35H,1-4H3. The lowest BCUT2D eigenvalue weighted by Gasteiger charge is -2.35. The highest BCUT2D eigenvalue weighted by atomic mass is 15.1. The molecular formula is C54H43N. The monoisotopic (exact) mass is 705 g/mol. The highest BCUT2D eigenvalue weighted by Gasteiger charge is 2.46. The molecule has 0 aliphatic heterocycles. The molecule has 264 valence electrons. The molecule has 0 unspecified atom stereocenters. The van der Waals surface area contributed by atoms with Crippen LogP contribution < -0.4 is 4.90 Å². The third-order valence-corrected chi connectivity index (χ3v) is 12.2. The van der Waals surface area contributed by atoms with E-state index in [0.29, 0.717) is 0 Å². The summed E-state index contributed by atoms with van der Waals surface area (Å²) in [5, 5.41) is 0. The zero-order valence-corrected chi connectivity index (χ0v) is 31.8. The molecule has 55 heavy (non-hydrogen) atoms. The van der Waals surface area contributed by atoms with Crippen molar-refractivity contribution >= 4 is 17.1 Å². The van der Waals surface area contributed by atoms with Crippen molar-refractivity contribution in [3.05, 3.63) is 233 Å². The van der Waals surface area contributed by atoms with E-state index in [1.807, 2.05) is 0 Å². The Labute approximate surface area is 325 Å². The van der Waals surface area contributed by atoms with Crippen molar-refractivity contribution in [2.75, 3.05) is 4.90 Å². The van der Waals surface area contributed by atoms with E-state index in [-0.39, 0.29) is 5.41 Å². The Balaban J connectivity index is 1.16. The average molecular weight is 706 g/mol. The summed E-state index contributed by atoms with van der Waals surface area (Å²) >= 11 is 0. The van der Waals surface area contributed by atoms with E-state index in [4.69, 9.17) is 0 Å². The Kier molecular flexibility index (Phi) is 7.58. The van der Waals surface area contributed by atoms with Crippen molar-refractivity contribution in [1.29, 1.82) is 0 Å². The van der Waals surface area contributed by atoms with Crippen LogP contribution in [0.1, 0.15) is 58.4 Å². The van der Waals surface area contributed by atoms with E-state index in [2.05, 4.69) is 221 Å². The van der Waals surface area contributed by atoms with Crippen LogP contribution in [-0.2, 0) is 10.8 Å². The molecule has 0 radical (unpaired) electrons. The minimum atomic E-state index is -0.450. The molecule has 0 spiro atoms. The molecule has 8 aromatic carbocycles. The summed E-state index contributed by atoms with van der Waals surface area (Å²) < 4.78 is 0. The first-order chi connectivity index (χ1) is 26.8. The van der Waals surface area contributed by atoms with Crippen LogP contribution in [-0.4, -0.2) is 0 Å². The molecule has 0 saturated carbocycles. The second-order valence-electron chi connectivity index (χ2n) is 15.9. The normalized spacial score (nSPS) is 14.1. The number of hydrogen-bond donors (Lipinski definition) is 0. The van der Waals surface area contributed by atoms with Gasteiger partial charge in [-0.2, -0.15) is 0 Å². The van der Waals surface area contributed by atoms with E-state index in [9.17, 15) is 0 Å². The molecule has 0 saturated heterocycles. The van der Waals surface area contributed by atoms with Gasteiger partial charge >= 0.3 is 0 Å². The molecule has 2 aliphatic rings. The molecular weight excluding hydrogens is 663 g/mol. The van der Waals surface area contributed by atoms with Gasteiger partial charge in [-0.1, -0.05) is 177 Å². The van der Waals surface area contributed by atoms with Crippen LogP contribution >= 0.6 is 0 Å². The van der Waals surface area contributed by atoms with Crippen molar-refractivity contribution in [2.45, 2.75) is 38.5 Å². The molecule has 0 N–H and O–H groups in total. The van der Waals surface area contributed by atoms with Crippen molar-refractivity contribution in [1.82, 2.24) is 0 Å². The maximum atomic E-state index is 2.43. The molecule has 0 fully saturated rings. The maximum absolute atomic E-state index is 2.43. The van der Waals surface area contributed by atoms with Crippen LogP contribution in [0.5, 0.6) is 0 Å². The van der Waals surface area contributed by atoms with Crippen molar-refractivity contribution in [3.63, 3.8) is 0 Å². The van der Waals surface area contributed by atoms with E-state index < -0.39 is 5.41 Å². The number of nitrogens with zero attached hydrogens (tertiary/aromatic N) is 1. The van der Waals surface area contributed by atoms with Gasteiger partial charge in [0.1, 0.15) is 0 Å². The number of aryl methyl sites for hydroxylation is 2. The molecule has 0 heterocycles. The molecule has 2 aliphatic carbocycles. The zero-order chi connectivity index (χ0) is 37.3. The van der Waals surface area contributed by atoms with Gasteiger partial charge in [0.05, 0.1) is 5.41 Å². The number of benzene rings is 8. The summed E-state index contributed by atoms with van der Waals surface area (Å²) in [7, 11) is 0. The molecule has 0 aromatic heterocycles. The smallest absolute Gasteiger partial charge is 0.0713 e. The summed E-state index contributed by atoms with van der Waals surface area (Å²) in [5.74, 6) is 0. The average Bonchev–Trinajstić information content (AvgIpc) is 3.64. The van der Waals surface area contributed by atoms with Crippen LogP contribution in [0.15, 0.2) is 188 Å². The highest BCUT2D eigenvalue weighted by Crippen LogP contribution is 2.57. The van der Waals surface area contributed by atoms with Crippen LogP contribution in [0, 0.1) is 13.8 Å². The van der Waals surface area contributed by atoms with Gasteiger partial charge < -0.3 is 4.90 Å². The van der Waals surface area contributed by atoms with E-state index >= 15 is 0 Å². The van der Waals surface area contributed by atoms with Gasteiger partial charge in [-0.3, -0.25) is 0 Å². The van der Waals surface area contributed by atoms with Crippen LogP contribution in [0.25, 0.3) is 33.4 Å². The molecule has 0 bridgehead atoms. The number of rotatable bonds is 6. The van der Waals surface area contributed by atoms with Crippen molar-refractivity contribution < 1.29 is 0 Å². The first-order valence-corrected chi connectivity index (χ1v) is 19.4. The van der Waals surface area contributed by atoms with Gasteiger partial charge in [-0.25, -0.2) is 0 Å². The fourth-order valence-corrected chi connectivity index (χ4v) is 9.79. The summed E-state index contributed by atoms with van der Waals surface area (Å²) in [6.07, 6.45) is 0. The van der Waals surface area contributed by atoms with Gasteiger partial charge in [0.2, 0.25) is 0 Å². The first-order valence-electron chi connectivity index (χ1n) is 19.4. The minimum absolute atomic E-state index is 0.101. The minimum Gasteiger partial charge on any atom is -0.310 e. The molecule has 8 aromatic rings. The molecule has 10 rings (SSSR count). The molecule has 0 atom stereocenters. The zero-order valence-electron chi connectivity index (χ0n) is 31.8. The summed E-state index contributed by atoms with van der Waals surface area (Å²) in [4.78, 5) is 2.43. The van der Waals surface area contributed by atoms with Gasteiger partial charge in [-0.05, 0) is 117 Å². The van der Waals surface area contributed by atoms with Gasteiger partial charge in [-0.15, -0.1) is 0 Å². The Morgan fingerprint density at radius 2 is 0.800 bits per heavy atom. The van der Waals surface area contributed by atoms with Gasteiger partial charge in [0, 0.05) is 22.5 Å². The third-order valence-electron chi connectivity index (χ3n) is 12.2. The number of fused-ring (bicyclic) bond motifs is 6. The highest BCUT2D eigenvalue weighted by molar-refractivity contribution is 5.88. The Hall–Kier alpha value is -6.44. The van der Waals surface area contributed by atoms with Gasteiger partial charge in [0.25, 0.3) is 0 Å². The number of hydrogen-bond acceptors (Lipinski definition) is 1. The summed E-state index contributed by atoms with van der Waals surface area (Å²) in [5.41, 5.74) is 21.1. The lowest BCUT2D eigenvalue weighted by Crippen LogP contribution is -2.29. The molecule has 1 nitrogen and oxygen atoms in total. The SMILES string of the molecule is Cc1cc(C)cc(C2(c3ccc(N(c4ccc(-c5ccccc5)cc4)c4ccc5c(c4)C(C)(C)c4ccccc4-5)cc3)c3ccccc3-c3ccccc32)c1. The van der Waals surface area contributed by atoms with E-state index in [1.165, 1.54) is 77.9 Å². The van der Waals surface area contributed by atoms with E-state index in [0.717, 1.165) is 17.1 Å². The van der Waals surface area contributed by atoms with Crippen molar-refractivity contribution in [2.24, 2.45) is 0 Å². The lowest BCUT2D eigenvalue weighted by atomic mass is 9.67. The Morgan fingerprint density at radius 3 is 1.40 bits per heavy atom.